The minimum absolute atomic E-state index is 0.139. The molecule has 0 atom stereocenters. The van der Waals surface area contributed by atoms with E-state index < -0.39 is 5.60 Å². The summed E-state index contributed by atoms with van der Waals surface area (Å²) in [6, 6.07) is 9.71. The third-order valence-electron chi connectivity index (χ3n) is 3.58. The normalized spacial score (nSPS) is 18.7. The van der Waals surface area contributed by atoms with Gasteiger partial charge in [-0.1, -0.05) is 30.3 Å². The van der Waals surface area contributed by atoms with Gasteiger partial charge in [0.1, 0.15) is 0 Å². The van der Waals surface area contributed by atoms with E-state index in [0.717, 1.165) is 5.56 Å². The predicted molar refractivity (Wildman–Crippen MR) is 74.6 cm³/mol. The van der Waals surface area contributed by atoms with Gasteiger partial charge in [-0.15, -0.1) is 0 Å². The van der Waals surface area contributed by atoms with Gasteiger partial charge in [0.05, 0.1) is 5.60 Å². The van der Waals surface area contributed by atoms with E-state index in [0.29, 0.717) is 38.1 Å². The molecule has 3 nitrogen and oxygen atoms in total. The molecule has 4 heteroatoms. The molecule has 98 valence electrons. The minimum Gasteiger partial charge on any atom is -0.385 e. The summed E-state index contributed by atoms with van der Waals surface area (Å²) in [5.41, 5.74) is 0.172. The average molecular weight is 265 g/mol. The molecule has 1 aromatic rings. The highest BCUT2D eigenvalue weighted by molar-refractivity contribution is 7.80. The van der Waals surface area contributed by atoms with Crippen molar-refractivity contribution in [3.05, 3.63) is 35.9 Å². The van der Waals surface area contributed by atoms with E-state index in [4.69, 9.17) is 0 Å². The molecule has 1 aliphatic heterocycles. The number of rotatable bonds is 3. The molecule has 0 aromatic heterocycles. The zero-order valence-corrected chi connectivity index (χ0v) is 11.3. The Balaban J connectivity index is 1.99. The van der Waals surface area contributed by atoms with Gasteiger partial charge in [-0.2, -0.15) is 12.6 Å². The Morgan fingerprint density at radius 2 is 1.89 bits per heavy atom. The summed E-state index contributed by atoms with van der Waals surface area (Å²) in [5, 5.41) is 10.6. The van der Waals surface area contributed by atoms with Gasteiger partial charge < -0.3 is 10.0 Å². The Labute approximate surface area is 113 Å². The largest absolute Gasteiger partial charge is 0.385 e. The molecule has 1 aliphatic rings. The van der Waals surface area contributed by atoms with E-state index in [2.05, 4.69) is 12.6 Å². The number of benzene rings is 1. The molecule has 0 unspecified atom stereocenters. The molecule has 0 radical (unpaired) electrons. The van der Waals surface area contributed by atoms with Crippen LogP contribution in [0.25, 0.3) is 0 Å². The number of nitrogens with zero attached hydrogens (tertiary/aromatic N) is 1. The smallest absolute Gasteiger partial charge is 0.223 e. The highest BCUT2D eigenvalue weighted by Gasteiger charge is 2.34. The number of piperidine rings is 1. The number of carbonyl (C=O) groups is 1. The van der Waals surface area contributed by atoms with Crippen molar-refractivity contribution in [1.29, 1.82) is 0 Å². The number of amides is 1. The van der Waals surface area contributed by atoms with Gasteiger partial charge >= 0.3 is 0 Å². The second kappa shape index (κ2) is 5.76. The lowest BCUT2D eigenvalue weighted by Crippen LogP contribution is -2.45. The number of hydrogen-bond acceptors (Lipinski definition) is 3. The minimum atomic E-state index is -0.779. The molecule has 1 fully saturated rings. The molecule has 1 amide bonds. The lowest BCUT2D eigenvalue weighted by molar-refractivity contribution is -0.135. The van der Waals surface area contributed by atoms with Gasteiger partial charge in [0, 0.05) is 19.5 Å². The predicted octanol–water partition coefficient (Wildman–Crippen LogP) is 1.82. The number of carbonyl (C=O) groups excluding carboxylic acids is 1. The fourth-order valence-electron chi connectivity index (χ4n) is 2.42. The van der Waals surface area contributed by atoms with E-state index in [-0.39, 0.29) is 5.91 Å². The van der Waals surface area contributed by atoms with Crippen molar-refractivity contribution in [2.24, 2.45) is 0 Å². The summed E-state index contributed by atoms with van der Waals surface area (Å²) >= 11 is 4.07. The van der Waals surface area contributed by atoms with Crippen molar-refractivity contribution < 1.29 is 9.90 Å². The Kier molecular flexibility index (Phi) is 4.30. The molecule has 1 aromatic carbocycles. The highest BCUT2D eigenvalue weighted by Crippen LogP contribution is 2.32. The van der Waals surface area contributed by atoms with Gasteiger partial charge in [0.25, 0.3) is 0 Å². The van der Waals surface area contributed by atoms with Crippen LogP contribution in [0.5, 0.6) is 0 Å². The SMILES string of the molecule is O=C(CCS)N1CCC(O)(c2ccccc2)CC1. The Bertz CT molecular complexity index is 400. The first-order valence-electron chi connectivity index (χ1n) is 6.32. The van der Waals surface area contributed by atoms with E-state index in [1.165, 1.54) is 0 Å². The van der Waals surface area contributed by atoms with Gasteiger partial charge in [0.15, 0.2) is 0 Å². The maximum atomic E-state index is 11.7. The second-order valence-corrected chi connectivity index (χ2v) is 5.20. The van der Waals surface area contributed by atoms with Gasteiger partial charge in [0.2, 0.25) is 5.91 Å². The summed E-state index contributed by atoms with van der Waals surface area (Å²) in [7, 11) is 0. The number of likely N-dealkylation sites (tertiary alicyclic amines) is 1. The molecule has 2 rings (SSSR count). The van der Waals surface area contributed by atoms with Gasteiger partial charge in [-0.3, -0.25) is 4.79 Å². The Morgan fingerprint density at radius 1 is 1.28 bits per heavy atom. The summed E-state index contributed by atoms with van der Waals surface area (Å²) in [4.78, 5) is 13.6. The Morgan fingerprint density at radius 3 is 2.44 bits per heavy atom. The van der Waals surface area contributed by atoms with Crippen LogP contribution in [0.4, 0.5) is 0 Å². The van der Waals surface area contributed by atoms with Crippen LogP contribution in [0.1, 0.15) is 24.8 Å². The first-order chi connectivity index (χ1) is 8.65. The van der Waals surface area contributed by atoms with Crippen molar-refractivity contribution >= 4 is 18.5 Å². The third kappa shape index (κ3) is 2.87. The topological polar surface area (TPSA) is 40.5 Å². The summed E-state index contributed by atoms with van der Waals surface area (Å²) in [5.74, 6) is 0.721. The lowest BCUT2D eigenvalue weighted by Gasteiger charge is -2.38. The first-order valence-corrected chi connectivity index (χ1v) is 6.95. The van der Waals surface area contributed by atoms with Crippen molar-refractivity contribution in [2.45, 2.75) is 24.9 Å². The third-order valence-corrected chi connectivity index (χ3v) is 3.80. The molecule has 18 heavy (non-hydrogen) atoms. The van der Waals surface area contributed by atoms with Gasteiger partial charge in [-0.05, 0) is 24.2 Å². The van der Waals surface area contributed by atoms with Crippen LogP contribution in [0, 0.1) is 0 Å². The quantitative estimate of drug-likeness (QED) is 0.818. The monoisotopic (exact) mass is 265 g/mol. The van der Waals surface area contributed by atoms with Crippen molar-refractivity contribution in [2.75, 3.05) is 18.8 Å². The number of hydrogen-bond donors (Lipinski definition) is 2. The molecular formula is C14H19NO2S. The van der Waals surface area contributed by atoms with Crippen LogP contribution in [-0.4, -0.2) is 34.8 Å². The second-order valence-electron chi connectivity index (χ2n) is 4.75. The number of thiol groups is 1. The van der Waals surface area contributed by atoms with Crippen LogP contribution in [-0.2, 0) is 10.4 Å². The molecule has 0 aliphatic carbocycles. The molecule has 0 saturated carbocycles. The maximum Gasteiger partial charge on any atom is 0.223 e. The van der Waals surface area contributed by atoms with Gasteiger partial charge in [-0.25, -0.2) is 0 Å². The Hall–Kier alpha value is -1.00. The van der Waals surface area contributed by atoms with Crippen LogP contribution < -0.4 is 0 Å². The zero-order valence-electron chi connectivity index (χ0n) is 10.4. The average Bonchev–Trinajstić information content (AvgIpc) is 2.41. The van der Waals surface area contributed by atoms with E-state index in [1.54, 1.807) is 0 Å². The van der Waals surface area contributed by atoms with E-state index in [9.17, 15) is 9.90 Å². The molecule has 1 saturated heterocycles. The van der Waals surface area contributed by atoms with Crippen LogP contribution in [0.2, 0.25) is 0 Å². The van der Waals surface area contributed by atoms with Crippen LogP contribution in [0.15, 0.2) is 30.3 Å². The zero-order chi connectivity index (χ0) is 13.0. The molecule has 0 spiro atoms. The van der Waals surface area contributed by atoms with E-state index in [1.807, 2.05) is 35.2 Å². The van der Waals surface area contributed by atoms with Crippen molar-refractivity contribution in [3.8, 4) is 0 Å². The van der Waals surface area contributed by atoms with E-state index >= 15 is 0 Å². The standard InChI is InChI=1S/C14H19NO2S/c16-13(6-11-18)15-9-7-14(17,8-10-15)12-4-2-1-3-5-12/h1-5,17-18H,6-11H2. The summed E-state index contributed by atoms with van der Waals surface area (Å²) in [6.45, 7) is 1.25. The highest BCUT2D eigenvalue weighted by atomic mass is 32.1. The number of aliphatic hydroxyl groups is 1. The first kappa shape index (κ1) is 13.4. The molecular weight excluding hydrogens is 246 g/mol. The molecule has 0 bridgehead atoms. The van der Waals surface area contributed by atoms with Crippen LogP contribution in [0.3, 0.4) is 0 Å². The molecule has 1 heterocycles. The van der Waals surface area contributed by atoms with Crippen molar-refractivity contribution in [1.82, 2.24) is 4.90 Å². The van der Waals surface area contributed by atoms with Crippen molar-refractivity contribution in [3.63, 3.8) is 0 Å². The summed E-state index contributed by atoms with van der Waals surface area (Å²) < 4.78 is 0. The molecule has 1 N–H and O–H groups in total. The summed E-state index contributed by atoms with van der Waals surface area (Å²) in [6.07, 6.45) is 1.69. The van der Waals surface area contributed by atoms with Crippen LogP contribution >= 0.6 is 12.6 Å². The lowest BCUT2D eigenvalue weighted by atomic mass is 9.84. The fourth-order valence-corrected chi connectivity index (χ4v) is 2.61. The fraction of sp³-hybridized carbons (Fsp3) is 0.500. The maximum absolute atomic E-state index is 11.7.